The van der Waals surface area contributed by atoms with Gasteiger partial charge in [-0.05, 0) is 86.7 Å². The van der Waals surface area contributed by atoms with Crippen molar-refractivity contribution in [1.82, 2.24) is 19.7 Å². The number of hydrogen-bond acceptors (Lipinski definition) is 10. The van der Waals surface area contributed by atoms with Crippen molar-refractivity contribution in [3.8, 4) is 5.75 Å². The molecular formula is C37H45Cl2N7O5S. The largest absolute Gasteiger partial charge is 0.491 e. The number of rotatable bonds is 14. The second-order valence-electron chi connectivity index (χ2n) is 12.9. The molecule has 1 N–H and O–H groups in total. The van der Waals surface area contributed by atoms with Crippen LogP contribution in [-0.2, 0) is 31.3 Å². The second-order valence-corrected chi connectivity index (χ2v) is 14.2. The number of nitrogens with one attached hydrogen (secondary N) is 1. The zero-order chi connectivity index (χ0) is 36.7. The van der Waals surface area contributed by atoms with Gasteiger partial charge in [-0.3, -0.25) is 0 Å². The number of anilines is 3. The lowest BCUT2D eigenvalue weighted by molar-refractivity contribution is -0.190. The van der Waals surface area contributed by atoms with E-state index < -0.39 is 5.79 Å². The van der Waals surface area contributed by atoms with E-state index >= 15 is 0 Å². The van der Waals surface area contributed by atoms with Crippen LogP contribution in [0.15, 0.2) is 79.4 Å². The molecule has 0 bridgehead atoms. The van der Waals surface area contributed by atoms with Crippen molar-refractivity contribution < 1.29 is 23.7 Å². The molecule has 0 aliphatic carbocycles. The quantitative estimate of drug-likeness (QED) is 0.115. The molecule has 3 heterocycles. The number of methoxy groups -OCH3 is 2. The van der Waals surface area contributed by atoms with Crippen molar-refractivity contribution in [1.29, 1.82) is 0 Å². The summed E-state index contributed by atoms with van der Waals surface area (Å²) in [6, 6.07) is 22.1. The average Bonchev–Trinajstić information content (AvgIpc) is 3.82. The van der Waals surface area contributed by atoms with Crippen LogP contribution in [-0.4, -0.2) is 103 Å². The molecule has 2 unspecified atom stereocenters. The Morgan fingerprint density at radius 3 is 2.21 bits per heavy atom. The standard InChI is InChI=1S/C37H45Cl2N7O5S/c1-26(2)46(20-35(47-3)48-4)36(52)42-28-6-8-29(9-7-28)43-15-17-44(18-16-43)30-10-12-31(13-11-30)49-21-32-22-50-37(51-32,23-45-25-40-24-41-45)33-14-5-27(38)19-34(33)39/h5-14,19,24-26,32,35H,15-18,20-23H2,1-4H3,(H,42,52). The topological polar surface area (TPSA) is 98.6 Å². The molecular weight excluding hydrogens is 725 g/mol. The van der Waals surface area contributed by atoms with E-state index in [2.05, 4.69) is 80.3 Å². The number of halogens is 2. The van der Waals surface area contributed by atoms with Crippen LogP contribution < -0.4 is 19.9 Å². The molecule has 278 valence electrons. The molecule has 2 aliphatic heterocycles. The molecule has 6 rings (SSSR count). The highest BCUT2D eigenvalue weighted by molar-refractivity contribution is 7.80. The Labute approximate surface area is 320 Å². The van der Waals surface area contributed by atoms with E-state index in [0.29, 0.717) is 40.5 Å². The van der Waals surface area contributed by atoms with Gasteiger partial charge in [0, 0.05) is 74.1 Å². The number of nitrogens with zero attached hydrogens (tertiary/aromatic N) is 6. The van der Waals surface area contributed by atoms with E-state index in [1.807, 2.05) is 18.2 Å². The van der Waals surface area contributed by atoms with Gasteiger partial charge >= 0.3 is 0 Å². The molecule has 4 aromatic rings. The minimum Gasteiger partial charge on any atom is -0.491 e. The number of aromatic nitrogens is 3. The van der Waals surface area contributed by atoms with E-state index in [1.54, 1.807) is 37.4 Å². The summed E-state index contributed by atoms with van der Waals surface area (Å²) in [6.45, 7) is 9.25. The van der Waals surface area contributed by atoms with Crippen LogP contribution in [0, 0.1) is 0 Å². The van der Waals surface area contributed by atoms with E-state index in [4.69, 9.17) is 59.1 Å². The third-order valence-corrected chi connectivity index (χ3v) is 10.1. The van der Waals surface area contributed by atoms with Gasteiger partial charge in [0.05, 0.1) is 18.2 Å². The van der Waals surface area contributed by atoms with Crippen LogP contribution in [0.4, 0.5) is 17.1 Å². The molecule has 15 heteroatoms. The predicted octanol–water partition coefficient (Wildman–Crippen LogP) is 6.29. The van der Waals surface area contributed by atoms with E-state index in [9.17, 15) is 0 Å². The monoisotopic (exact) mass is 769 g/mol. The highest BCUT2D eigenvalue weighted by Gasteiger charge is 2.45. The fraction of sp³-hybridized carbons (Fsp3) is 0.432. The highest BCUT2D eigenvalue weighted by atomic mass is 35.5. The third kappa shape index (κ3) is 9.26. The Bertz CT molecular complexity index is 1740. The molecule has 12 nitrogen and oxygen atoms in total. The minimum atomic E-state index is -1.16. The smallest absolute Gasteiger partial charge is 0.217 e. The van der Waals surface area contributed by atoms with E-state index in [0.717, 1.165) is 43.3 Å². The molecule has 2 saturated heterocycles. The van der Waals surface area contributed by atoms with Gasteiger partial charge in [-0.2, -0.15) is 5.10 Å². The van der Waals surface area contributed by atoms with Crippen molar-refractivity contribution in [2.45, 2.75) is 44.6 Å². The predicted molar refractivity (Wildman–Crippen MR) is 208 cm³/mol. The molecule has 3 aromatic carbocycles. The molecule has 0 saturated carbocycles. The summed E-state index contributed by atoms with van der Waals surface area (Å²) in [5.74, 6) is -0.401. The summed E-state index contributed by atoms with van der Waals surface area (Å²) in [7, 11) is 3.26. The summed E-state index contributed by atoms with van der Waals surface area (Å²) in [6.07, 6.45) is 2.39. The van der Waals surface area contributed by atoms with Gasteiger partial charge in [-0.25, -0.2) is 9.67 Å². The first-order valence-corrected chi connectivity index (χ1v) is 18.4. The summed E-state index contributed by atoms with van der Waals surface area (Å²) in [5.41, 5.74) is 3.95. The van der Waals surface area contributed by atoms with Gasteiger partial charge in [-0.1, -0.05) is 29.3 Å². The van der Waals surface area contributed by atoms with Gasteiger partial charge < -0.3 is 43.7 Å². The molecule has 0 amide bonds. The van der Waals surface area contributed by atoms with Crippen LogP contribution in [0.3, 0.4) is 0 Å². The zero-order valence-electron chi connectivity index (χ0n) is 29.8. The maximum Gasteiger partial charge on any atom is 0.217 e. The number of piperazine rings is 1. The van der Waals surface area contributed by atoms with Gasteiger partial charge in [-0.15, -0.1) is 0 Å². The Balaban J connectivity index is 0.984. The number of hydrogen-bond donors (Lipinski definition) is 1. The van der Waals surface area contributed by atoms with Crippen molar-refractivity contribution in [3.05, 3.63) is 95.0 Å². The Morgan fingerprint density at radius 2 is 1.63 bits per heavy atom. The average molecular weight is 771 g/mol. The Hall–Kier alpha value is -3.69. The van der Waals surface area contributed by atoms with Crippen LogP contribution in [0.25, 0.3) is 0 Å². The molecule has 52 heavy (non-hydrogen) atoms. The first kappa shape index (κ1) is 38.0. The van der Waals surface area contributed by atoms with E-state index in [1.165, 1.54) is 12.0 Å². The third-order valence-electron chi connectivity index (χ3n) is 9.19. The normalized spacial score (nSPS) is 19.0. The van der Waals surface area contributed by atoms with Crippen LogP contribution in [0.2, 0.25) is 10.0 Å². The van der Waals surface area contributed by atoms with Gasteiger partial charge in [0.15, 0.2) is 11.4 Å². The van der Waals surface area contributed by atoms with Crippen LogP contribution >= 0.6 is 35.4 Å². The second kappa shape index (κ2) is 17.4. The number of benzene rings is 3. The minimum absolute atomic E-state index is 0.189. The van der Waals surface area contributed by atoms with Gasteiger partial charge in [0.25, 0.3) is 0 Å². The highest BCUT2D eigenvalue weighted by Crippen LogP contribution is 2.40. The molecule has 1 aromatic heterocycles. The van der Waals surface area contributed by atoms with Crippen LogP contribution in [0.1, 0.15) is 19.4 Å². The lowest BCUT2D eigenvalue weighted by Crippen LogP contribution is -2.46. The summed E-state index contributed by atoms with van der Waals surface area (Å²) < 4.78 is 31.3. The molecule has 0 spiro atoms. The van der Waals surface area contributed by atoms with Crippen molar-refractivity contribution in [2.75, 3.05) is 75.3 Å². The summed E-state index contributed by atoms with van der Waals surface area (Å²) in [5, 5.41) is 9.22. The molecule has 2 atom stereocenters. The molecule has 0 radical (unpaired) electrons. The SMILES string of the molecule is COC(CN(C(=S)Nc1ccc(N2CCN(c3ccc(OCC4COC(Cn5cncn5)(c5ccc(Cl)cc5Cl)O4)cc3)CC2)cc1)C(C)C)OC. The molecule has 2 fully saturated rings. The van der Waals surface area contributed by atoms with Crippen molar-refractivity contribution in [2.24, 2.45) is 0 Å². The Morgan fingerprint density at radius 1 is 0.981 bits per heavy atom. The van der Waals surface area contributed by atoms with Crippen molar-refractivity contribution in [3.63, 3.8) is 0 Å². The van der Waals surface area contributed by atoms with Gasteiger partial charge in [0.1, 0.15) is 37.7 Å². The van der Waals surface area contributed by atoms with Gasteiger partial charge in [0.2, 0.25) is 5.79 Å². The Kier molecular flexibility index (Phi) is 12.7. The maximum atomic E-state index is 6.59. The maximum absolute atomic E-state index is 6.59. The first-order chi connectivity index (χ1) is 25.2. The lowest BCUT2D eigenvalue weighted by Gasteiger charge is -2.37. The fourth-order valence-electron chi connectivity index (χ4n) is 6.33. The fourth-order valence-corrected chi connectivity index (χ4v) is 7.29. The lowest BCUT2D eigenvalue weighted by atomic mass is 10.1. The van der Waals surface area contributed by atoms with E-state index in [-0.39, 0.29) is 25.0 Å². The number of ether oxygens (including phenoxy) is 5. The summed E-state index contributed by atoms with van der Waals surface area (Å²) in [4.78, 5) is 10.9. The van der Waals surface area contributed by atoms with Crippen molar-refractivity contribution >= 4 is 57.6 Å². The zero-order valence-corrected chi connectivity index (χ0v) is 32.1. The van der Waals surface area contributed by atoms with Crippen LogP contribution in [0.5, 0.6) is 5.75 Å². The first-order valence-electron chi connectivity index (χ1n) is 17.2. The molecule has 2 aliphatic rings. The number of thiocarbonyl (C=S) groups is 1. The summed E-state index contributed by atoms with van der Waals surface area (Å²) >= 11 is 18.5.